The van der Waals surface area contributed by atoms with E-state index in [0.29, 0.717) is 19.4 Å². The second kappa shape index (κ2) is 9.50. The lowest BCUT2D eigenvalue weighted by molar-refractivity contribution is -0.117. The fourth-order valence-electron chi connectivity index (χ4n) is 2.75. The Hall–Kier alpha value is -2.18. The zero-order valence-corrected chi connectivity index (χ0v) is 16.1. The molecule has 0 atom stereocenters. The predicted octanol–water partition coefficient (Wildman–Crippen LogP) is 2.90. The number of carbonyl (C=O) groups excluding carboxylic acids is 1. The third-order valence-corrected chi connectivity index (χ3v) is 5.51. The predicted molar refractivity (Wildman–Crippen MR) is 106 cm³/mol. The van der Waals surface area contributed by atoms with Gasteiger partial charge >= 0.3 is 0 Å². The Morgan fingerprint density at radius 1 is 1.08 bits per heavy atom. The van der Waals surface area contributed by atoms with E-state index in [2.05, 4.69) is 4.72 Å². The molecular weight excluding hydrogens is 348 g/mol. The minimum absolute atomic E-state index is 0.00570. The molecule has 0 heterocycles. The van der Waals surface area contributed by atoms with Gasteiger partial charge in [-0.3, -0.25) is 4.79 Å². The van der Waals surface area contributed by atoms with Crippen LogP contribution in [0, 0.1) is 6.92 Å². The number of nitrogens with one attached hydrogen (secondary N) is 1. The summed E-state index contributed by atoms with van der Waals surface area (Å²) in [4.78, 5) is 14.0. The lowest BCUT2D eigenvalue weighted by Crippen LogP contribution is -2.41. The highest BCUT2D eigenvalue weighted by Gasteiger charge is 2.17. The molecule has 0 spiro atoms. The average Bonchev–Trinajstić information content (AvgIpc) is 2.62. The van der Waals surface area contributed by atoms with Gasteiger partial charge in [-0.25, -0.2) is 13.1 Å². The van der Waals surface area contributed by atoms with Crippen LogP contribution in [-0.4, -0.2) is 33.2 Å². The first-order valence-corrected chi connectivity index (χ1v) is 10.4. The van der Waals surface area contributed by atoms with Crippen LogP contribution >= 0.6 is 0 Å². The van der Waals surface area contributed by atoms with E-state index in [1.54, 1.807) is 4.90 Å². The van der Waals surface area contributed by atoms with Crippen molar-refractivity contribution in [2.75, 3.05) is 23.7 Å². The number of hydrogen-bond acceptors (Lipinski definition) is 3. The number of carbonyl (C=O) groups is 1. The van der Waals surface area contributed by atoms with Gasteiger partial charge in [0.15, 0.2) is 0 Å². The van der Waals surface area contributed by atoms with Crippen molar-refractivity contribution in [1.82, 2.24) is 4.72 Å². The number of amides is 1. The van der Waals surface area contributed by atoms with Gasteiger partial charge in [0.2, 0.25) is 15.9 Å². The Morgan fingerprint density at radius 3 is 2.46 bits per heavy atom. The smallest absolute Gasteiger partial charge is 0.242 e. The van der Waals surface area contributed by atoms with Crippen molar-refractivity contribution >= 4 is 21.6 Å². The van der Waals surface area contributed by atoms with Crippen LogP contribution in [0.3, 0.4) is 0 Å². The maximum atomic E-state index is 12.4. The van der Waals surface area contributed by atoms with Gasteiger partial charge in [0, 0.05) is 12.2 Å². The molecule has 0 aliphatic carbocycles. The molecule has 0 aromatic heterocycles. The molecule has 0 radical (unpaired) electrons. The molecule has 2 aromatic rings. The van der Waals surface area contributed by atoms with Gasteiger partial charge < -0.3 is 4.90 Å². The van der Waals surface area contributed by atoms with Crippen molar-refractivity contribution in [1.29, 1.82) is 0 Å². The number of benzene rings is 2. The second-order valence-electron chi connectivity index (χ2n) is 6.21. The van der Waals surface area contributed by atoms with Crippen LogP contribution in [0.1, 0.15) is 24.5 Å². The highest BCUT2D eigenvalue weighted by molar-refractivity contribution is 7.89. The Morgan fingerprint density at radius 2 is 1.81 bits per heavy atom. The molecule has 140 valence electrons. The summed E-state index contributed by atoms with van der Waals surface area (Å²) in [6.45, 7) is 4.08. The van der Waals surface area contributed by atoms with E-state index >= 15 is 0 Å². The summed E-state index contributed by atoms with van der Waals surface area (Å²) in [5.41, 5.74) is 2.94. The molecule has 0 saturated carbocycles. The quantitative estimate of drug-likeness (QED) is 0.734. The lowest BCUT2D eigenvalue weighted by atomic mass is 10.1. The third-order valence-electron chi connectivity index (χ3n) is 4.10. The molecule has 6 heteroatoms. The van der Waals surface area contributed by atoms with Crippen molar-refractivity contribution in [2.45, 2.75) is 26.7 Å². The molecule has 26 heavy (non-hydrogen) atoms. The first kappa shape index (κ1) is 20.1. The first-order chi connectivity index (χ1) is 12.4. The molecule has 5 nitrogen and oxygen atoms in total. The minimum Gasteiger partial charge on any atom is -0.312 e. The molecule has 0 unspecified atom stereocenters. The lowest BCUT2D eigenvalue weighted by Gasteiger charge is -2.21. The number of anilines is 1. The Bertz CT molecular complexity index is 820. The molecule has 0 aliphatic heterocycles. The summed E-state index contributed by atoms with van der Waals surface area (Å²) < 4.78 is 26.7. The van der Waals surface area contributed by atoms with Gasteiger partial charge in [0.25, 0.3) is 0 Å². The maximum absolute atomic E-state index is 12.4. The van der Waals surface area contributed by atoms with Crippen LogP contribution in [0.15, 0.2) is 54.6 Å². The molecule has 0 saturated heterocycles. The summed E-state index contributed by atoms with van der Waals surface area (Å²) >= 11 is 0. The SMILES string of the molecule is CCN(C(=O)CNS(=O)(=O)CCCc1ccccc1)c1cccc(C)c1. The molecule has 1 amide bonds. The van der Waals surface area contributed by atoms with Crippen molar-refractivity contribution in [3.05, 3.63) is 65.7 Å². The van der Waals surface area contributed by atoms with Crippen molar-refractivity contribution in [3.63, 3.8) is 0 Å². The standard InChI is InChI=1S/C20H26N2O3S/c1-3-22(19-13-7-9-17(2)15-19)20(23)16-21-26(24,25)14-8-12-18-10-5-4-6-11-18/h4-7,9-11,13,15,21H,3,8,12,14,16H2,1-2H3. The van der Waals surface area contributed by atoms with Gasteiger partial charge in [-0.2, -0.15) is 0 Å². The van der Waals surface area contributed by atoms with Gasteiger partial charge in [-0.1, -0.05) is 42.5 Å². The molecule has 1 N–H and O–H groups in total. The summed E-state index contributed by atoms with van der Waals surface area (Å²) in [7, 11) is -3.48. The number of hydrogen-bond donors (Lipinski definition) is 1. The number of nitrogens with zero attached hydrogens (tertiary/aromatic N) is 1. The van der Waals surface area contributed by atoms with E-state index in [-0.39, 0.29) is 18.2 Å². The van der Waals surface area contributed by atoms with E-state index in [9.17, 15) is 13.2 Å². The number of sulfonamides is 1. The summed E-state index contributed by atoms with van der Waals surface area (Å²) in [5.74, 6) is -0.254. The van der Waals surface area contributed by atoms with Gasteiger partial charge in [0.05, 0.1) is 12.3 Å². The van der Waals surface area contributed by atoms with Crippen LogP contribution in [0.2, 0.25) is 0 Å². The normalized spacial score (nSPS) is 11.3. The second-order valence-corrected chi connectivity index (χ2v) is 8.13. The van der Waals surface area contributed by atoms with Crippen LogP contribution in [0.5, 0.6) is 0 Å². The van der Waals surface area contributed by atoms with Crippen molar-refractivity contribution < 1.29 is 13.2 Å². The Balaban J connectivity index is 1.86. The molecular formula is C20H26N2O3S. The zero-order valence-electron chi connectivity index (χ0n) is 15.3. The molecule has 0 aliphatic rings. The molecule has 0 fully saturated rings. The zero-order chi connectivity index (χ0) is 19.0. The first-order valence-electron chi connectivity index (χ1n) is 8.79. The van der Waals surface area contributed by atoms with E-state index in [1.807, 2.05) is 68.4 Å². The van der Waals surface area contributed by atoms with Crippen LogP contribution in [0.4, 0.5) is 5.69 Å². The number of aryl methyl sites for hydroxylation is 2. The monoisotopic (exact) mass is 374 g/mol. The largest absolute Gasteiger partial charge is 0.312 e. The van der Waals surface area contributed by atoms with E-state index in [1.165, 1.54) is 0 Å². The fraction of sp³-hybridized carbons (Fsp3) is 0.350. The van der Waals surface area contributed by atoms with Crippen molar-refractivity contribution in [3.8, 4) is 0 Å². The minimum atomic E-state index is -3.48. The van der Waals surface area contributed by atoms with E-state index < -0.39 is 10.0 Å². The van der Waals surface area contributed by atoms with E-state index in [4.69, 9.17) is 0 Å². The number of likely N-dealkylation sites (N-methyl/N-ethyl adjacent to an activating group) is 1. The topological polar surface area (TPSA) is 66.5 Å². The maximum Gasteiger partial charge on any atom is 0.242 e. The Kier molecular flexibility index (Phi) is 7.36. The van der Waals surface area contributed by atoms with Gasteiger partial charge in [0.1, 0.15) is 0 Å². The molecule has 2 rings (SSSR count). The average molecular weight is 375 g/mol. The van der Waals surface area contributed by atoms with Crippen LogP contribution in [-0.2, 0) is 21.2 Å². The third kappa shape index (κ3) is 6.28. The van der Waals surface area contributed by atoms with Crippen molar-refractivity contribution in [2.24, 2.45) is 0 Å². The van der Waals surface area contributed by atoms with Crippen LogP contribution in [0.25, 0.3) is 0 Å². The summed E-state index contributed by atoms with van der Waals surface area (Å²) in [5, 5.41) is 0. The number of rotatable bonds is 9. The highest BCUT2D eigenvalue weighted by atomic mass is 32.2. The van der Waals surface area contributed by atoms with Gasteiger partial charge in [-0.05, 0) is 49.9 Å². The summed E-state index contributed by atoms with van der Waals surface area (Å²) in [6.07, 6.45) is 1.21. The summed E-state index contributed by atoms with van der Waals surface area (Å²) in [6, 6.07) is 17.4. The van der Waals surface area contributed by atoms with Gasteiger partial charge in [-0.15, -0.1) is 0 Å². The Labute approximate surface area is 156 Å². The fourth-order valence-corrected chi connectivity index (χ4v) is 3.76. The van der Waals surface area contributed by atoms with E-state index in [0.717, 1.165) is 16.8 Å². The highest BCUT2D eigenvalue weighted by Crippen LogP contribution is 2.15. The molecule has 2 aromatic carbocycles. The molecule has 0 bridgehead atoms. The van der Waals surface area contributed by atoms with Crippen LogP contribution < -0.4 is 9.62 Å².